The molecule has 0 radical (unpaired) electrons. The van der Waals surface area contributed by atoms with Crippen LogP contribution in [0.3, 0.4) is 0 Å². The summed E-state index contributed by atoms with van der Waals surface area (Å²) in [6.45, 7) is 5.43. The van der Waals surface area contributed by atoms with Gasteiger partial charge >= 0.3 is 0 Å². The lowest BCUT2D eigenvalue weighted by Gasteiger charge is -2.30. The fourth-order valence-electron chi connectivity index (χ4n) is 2.68. The van der Waals surface area contributed by atoms with Gasteiger partial charge in [0.1, 0.15) is 0 Å². The van der Waals surface area contributed by atoms with Crippen molar-refractivity contribution in [2.24, 2.45) is 17.6 Å². The van der Waals surface area contributed by atoms with E-state index in [0.29, 0.717) is 6.04 Å². The highest BCUT2D eigenvalue weighted by Crippen LogP contribution is 2.39. The van der Waals surface area contributed by atoms with E-state index in [1.807, 2.05) is 11.3 Å². The molecule has 1 aromatic rings. The molecule has 19 heavy (non-hydrogen) atoms. The Hall–Kier alpha value is 0.100. The van der Waals surface area contributed by atoms with Gasteiger partial charge < -0.3 is 5.73 Å². The average Bonchev–Trinajstić information content (AvgIpc) is 3.26. The van der Waals surface area contributed by atoms with Gasteiger partial charge in [0.05, 0.1) is 6.04 Å². The van der Waals surface area contributed by atoms with Crippen LogP contribution >= 0.6 is 27.3 Å². The molecule has 0 aromatic carbocycles. The summed E-state index contributed by atoms with van der Waals surface area (Å²) in [4.78, 5) is 5.48. The van der Waals surface area contributed by atoms with Crippen molar-refractivity contribution in [3.05, 3.63) is 20.3 Å². The van der Waals surface area contributed by atoms with E-state index in [9.17, 15) is 0 Å². The van der Waals surface area contributed by atoms with Crippen LogP contribution in [-0.2, 0) is 0 Å². The number of nitrogens with zero attached hydrogens (tertiary/aromatic N) is 1. The normalized spacial score (nSPS) is 21.1. The maximum Gasteiger partial charge on any atom is 0.0565 e. The molecule has 0 saturated heterocycles. The Balaban J connectivity index is 1.75. The van der Waals surface area contributed by atoms with Crippen LogP contribution in [0.4, 0.5) is 0 Å². The summed E-state index contributed by atoms with van der Waals surface area (Å²) in [5.41, 5.74) is 6.11. The Morgan fingerprint density at radius 3 is 2.26 bits per heavy atom. The van der Waals surface area contributed by atoms with Gasteiger partial charge in [0, 0.05) is 33.9 Å². The van der Waals surface area contributed by atoms with E-state index in [0.717, 1.165) is 18.4 Å². The molecule has 2 fully saturated rings. The number of rotatable bonds is 7. The van der Waals surface area contributed by atoms with Crippen molar-refractivity contribution in [1.29, 1.82) is 0 Å². The van der Waals surface area contributed by atoms with E-state index in [4.69, 9.17) is 5.73 Å². The molecule has 0 spiro atoms. The number of aryl methyl sites for hydroxylation is 1. The predicted octanol–water partition coefficient (Wildman–Crippen LogP) is 3.94. The summed E-state index contributed by atoms with van der Waals surface area (Å²) in [6, 6.07) is 2.71. The van der Waals surface area contributed by atoms with Crippen LogP contribution in [0.5, 0.6) is 0 Å². The van der Waals surface area contributed by atoms with Crippen LogP contribution in [0.15, 0.2) is 10.5 Å². The number of hydrogen-bond acceptors (Lipinski definition) is 3. The van der Waals surface area contributed by atoms with E-state index in [1.165, 1.54) is 53.0 Å². The molecule has 1 atom stereocenters. The van der Waals surface area contributed by atoms with Gasteiger partial charge in [-0.1, -0.05) is 0 Å². The number of hydrogen-bond donors (Lipinski definition) is 1. The Bertz CT molecular complexity index is 404. The zero-order valence-electron chi connectivity index (χ0n) is 11.6. The minimum atomic E-state index is 0.427. The lowest BCUT2D eigenvalue weighted by atomic mass is 10.1. The minimum absolute atomic E-state index is 0.427. The van der Waals surface area contributed by atoms with Crippen LogP contribution in [0.25, 0.3) is 0 Å². The Labute approximate surface area is 128 Å². The van der Waals surface area contributed by atoms with Gasteiger partial charge in [0.15, 0.2) is 0 Å². The van der Waals surface area contributed by atoms with Crippen molar-refractivity contribution in [2.45, 2.75) is 38.6 Å². The van der Waals surface area contributed by atoms with Crippen LogP contribution in [0.1, 0.15) is 41.5 Å². The summed E-state index contributed by atoms with van der Waals surface area (Å²) < 4.78 is 1.24. The summed E-state index contributed by atoms with van der Waals surface area (Å²) in [6.07, 6.45) is 5.69. The molecule has 1 unspecified atom stereocenters. The lowest BCUT2D eigenvalue weighted by molar-refractivity contribution is 0.187. The molecular formula is C15H23BrN2S. The fraction of sp³-hybridized carbons (Fsp3) is 0.733. The Morgan fingerprint density at radius 2 is 1.89 bits per heavy atom. The number of thiophene rings is 1. The lowest BCUT2D eigenvalue weighted by Crippen LogP contribution is -2.36. The van der Waals surface area contributed by atoms with E-state index in [2.05, 4.69) is 33.8 Å². The van der Waals surface area contributed by atoms with Gasteiger partial charge in [0.25, 0.3) is 0 Å². The number of nitrogens with two attached hydrogens (primary N) is 1. The van der Waals surface area contributed by atoms with Crippen LogP contribution in [0.2, 0.25) is 0 Å². The predicted molar refractivity (Wildman–Crippen MR) is 85.6 cm³/mol. The van der Waals surface area contributed by atoms with Crippen molar-refractivity contribution >= 4 is 27.3 Å². The van der Waals surface area contributed by atoms with Crippen molar-refractivity contribution < 1.29 is 0 Å². The smallest absolute Gasteiger partial charge is 0.0565 e. The largest absolute Gasteiger partial charge is 0.329 e. The molecule has 1 heterocycles. The van der Waals surface area contributed by atoms with E-state index >= 15 is 0 Å². The summed E-state index contributed by atoms with van der Waals surface area (Å²) in [5.74, 6) is 1.88. The molecule has 2 saturated carbocycles. The highest BCUT2D eigenvalue weighted by Gasteiger charge is 2.33. The molecule has 2 aliphatic rings. The van der Waals surface area contributed by atoms with Gasteiger partial charge in [-0.05, 0) is 66.4 Å². The third-order valence-electron chi connectivity index (χ3n) is 4.25. The first-order valence-electron chi connectivity index (χ1n) is 7.37. The maximum absolute atomic E-state index is 6.11. The topological polar surface area (TPSA) is 29.3 Å². The first kappa shape index (κ1) is 14.1. The molecule has 0 amide bonds. The third kappa shape index (κ3) is 3.60. The molecule has 2 N–H and O–H groups in total. The van der Waals surface area contributed by atoms with E-state index in [-0.39, 0.29) is 0 Å². The van der Waals surface area contributed by atoms with Gasteiger partial charge in [-0.25, -0.2) is 0 Å². The molecule has 4 heteroatoms. The fourth-order valence-corrected chi connectivity index (χ4v) is 4.39. The molecule has 2 aliphatic carbocycles. The quantitative estimate of drug-likeness (QED) is 0.812. The second kappa shape index (κ2) is 5.84. The molecule has 2 nitrogen and oxygen atoms in total. The van der Waals surface area contributed by atoms with E-state index < -0.39 is 0 Å². The molecule has 0 aliphatic heterocycles. The van der Waals surface area contributed by atoms with Crippen molar-refractivity contribution in [3.8, 4) is 0 Å². The van der Waals surface area contributed by atoms with Crippen molar-refractivity contribution in [2.75, 3.05) is 19.6 Å². The Kier molecular flexibility index (Phi) is 4.32. The van der Waals surface area contributed by atoms with Crippen molar-refractivity contribution in [1.82, 2.24) is 4.90 Å². The molecular weight excluding hydrogens is 320 g/mol. The second-order valence-electron chi connectivity index (χ2n) is 6.15. The average molecular weight is 343 g/mol. The second-order valence-corrected chi connectivity index (χ2v) is 8.29. The van der Waals surface area contributed by atoms with Crippen LogP contribution in [-0.4, -0.2) is 24.5 Å². The van der Waals surface area contributed by atoms with Gasteiger partial charge in [-0.2, -0.15) is 0 Å². The molecule has 3 rings (SSSR count). The first-order chi connectivity index (χ1) is 9.17. The highest BCUT2D eigenvalue weighted by molar-refractivity contribution is 9.10. The standard InChI is InChI=1S/C15H23BrN2S/c1-10-13(16)6-15(19-10)14(7-17)18(8-11-2-3-11)9-12-4-5-12/h6,11-12,14H,2-5,7-9,17H2,1H3. The zero-order valence-corrected chi connectivity index (χ0v) is 14.0. The summed E-state index contributed by atoms with van der Waals surface area (Å²) in [5, 5.41) is 0. The molecule has 0 bridgehead atoms. The minimum Gasteiger partial charge on any atom is -0.329 e. The van der Waals surface area contributed by atoms with E-state index in [1.54, 1.807) is 0 Å². The molecule has 106 valence electrons. The van der Waals surface area contributed by atoms with Crippen molar-refractivity contribution in [3.63, 3.8) is 0 Å². The summed E-state index contributed by atoms with van der Waals surface area (Å²) >= 11 is 5.54. The monoisotopic (exact) mass is 342 g/mol. The Morgan fingerprint density at radius 1 is 1.32 bits per heavy atom. The number of halogens is 1. The first-order valence-corrected chi connectivity index (χ1v) is 8.98. The molecule has 1 aromatic heterocycles. The van der Waals surface area contributed by atoms with Crippen LogP contribution < -0.4 is 5.73 Å². The third-order valence-corrected chi connectivity index (χ3v) is 6.49. The zero-order chi connectivity index (χ0) is 13.4. The SMILES string of the molecule is Cc1sc(C(CN)N(CC2CC2)CC2CC2)cc1Br. The van der Waals surface area contributed by atoms with Gasteiger partial charge in [-0.15, -0.1) is 11.3 Å². The van der Waals surface area contributed by atoms with Gasteiger partial charge in [0.2, 0.25) is 0 Å². The van der Waals surface area contributed by atoms with Crippen LogP contribution in [0, 0.1) is 18.8 Å². The highest BCUT2D eigenvalue weighted by atomic mass is 79.9. The van der Waals surface area contributed by atoms with Gasteiger partial charge in [-0.3, -0.25) is 4.90 Å². The maximum atomic E-state index is 6.11. The summed E-state index contributed by atoms with van der Waals surface area (Å²) in [7, 11) is 0.